The van der Waals surface area contributed by atoms with Crippen LogP contribution >= 0.6 is 10.0 Å². The monoisotopic (exact) mass is 237 g/mol. The Kier molecular flexibility index (Phi) is 3.81. The third-order valence-corrected chi connectivity index (χ3v) is 5.00. The Morgan fingerprint density at radius 2 is 2.06 bits per heavy atom. The van der Waals surface area contributed by atoms with Gasteiger partial charge in [0.2, 0.25) is 5.91 Å². The molecular weight excluding hydrogens is 218 g/mol. The highest BCUT2D eigenvalue weighted by Crippen LogP contribution is 2.50. The van der Waals surface area contributed by atoms with Crippen LogP contribution in [0.15, 0.2) is 41.1 Å². The van der Waals surface area contributed by atoms with Gasteiger partial charge in [0, 0.05) is 19.7 Å². The van der Waals surface area contributed by atoms with Crippen LogP contribution in [0.4, 0.5) is 5.69 Å². The molecule has 2 nitrogen and oxygen atoms in total. The average molecular weight is 237 g/mol. The predicted octanol–water partition coefficient (Wildman–Crippen LogP) is 3.24. The van der Waals surface area contributed by atoms with Crippen LogP contribution in [0.3, 0.4) is 0 Å². The second-order valence-electron chi connectivity index (χ2n) is 4.15. The van der Waals surface area contributed by atoms with Gasteiger partial charge in [0.25, 0.3) is 0 Å². The average Bonchev–Trinajstić information content (AvgIpc) is 2.28. The van der Waals surface area contributed by atoms with Gasteiger partial charge in [-0.25, -0.2) is 10.0 Å². The number of nitrogens with zero attached hydrogens (tertiary/aromatic N) is 1. The SMILES string of the molecule is C=CS(C)(C)c1cccc(N(C)C(C)=O)c1. The first-order valence-electron chi connectivity index (χ1n) is 5.08. The van der Waals surface area contributed by atoms with E-state index in [2.05, 4.69) is 31.2 Å². The molecule has 0 aliphatic rings. The highest BCUT2D eigenvalue weighted by molar-refractivity contribution is 8.35. The van der Waals surface area contributed by atoms with Crippen LogP contribution in [0.1, 0.15) is 6.92 Å². The molecule has 0 aliphatic heterocycles. The highest BCUT2D eigenvalue weighted by atomic mass is 32.3. The molecule has 88 valence electrons. The molecule has 0 spiro atoms. The first-order chi connectivity index (χ1) is 7.38. The van der Waals surface area contributed by atoms with Gasteiger partial charge in [0.05, 0.1) is 0 Å². The Hall–Kier alpha value is -1.22. The summed E-state index contributed by atoms with van der Waals surface area (Å²) in [6.07, 6.45) is 4.37. The standard InChI is InChI=1S/C13H19NOS/c1-6-16(4,5)13-9-7-8-12(10-13)14(3)11(2)15/h6-10H,1H2,2-5H3. The minimum absolute atomic E-state index is 0.0450. The molecule has 1 rings (SSSR count). The van der Waals surface area contributed by atoms with E-state index in [1.54, 1.807) is 18.9 Å². The summed E-state index contributed by atoms with van der Waals surface area (Å²) < 4.78 is 0. The number of benzene rings is 1. The van der Waals surface area contributed by atoms with E-state index in [0.29, 0.717) is 0 Å². The molecule has 0 bridgehead atoms. The van der Waals surface area contributed by atoms with Crippen LogP contribution in [0.5, 0.6) is 0 Å². The van der Waals surface area contributed by atoms with E-state index in [1.165, 1.54) is 4.90 Å². The molecule has 0 aromatic heterocycles. The summed E-state index contributed by atoms with van der Waals surface area (Å²) in [5.41, 5.74) is 0.937. The van der Waals surface area contributed by atoms with Crippen LogP contribution in [-0.2, 0) is 4.79 Å². The summed E-state index contributed by atoms with van der Waals surface area (Å²) in [4.78, 5) is 14.2. The van der Waals surface area contributed by atoms with Gasteiger partial charge in [-0.1, -0.05) is 18.1 Å². The minimum Gasteiger partial charge on any atom is -0.316 e. The van der Waals surface area contributed by atoms with Gasteiger partial charge >= 0.3 is 0 Å². The second kappa shape index (κ2) is 4.74. The molecular formula is C13H19NOS. The van der Waals surface area contributed by atoms with Gasteiger partial charge < -0.3 is 4.90 Å². The number of amides is 1. The maximum absolute atomic E-state index is 11.3. The van der Waals surface area contributed by atoms with Crippen molar-refractivity contribution in [3.05, 3.63) is 36.3 Å². The zero-order valence-electron chi connectivity index (χ0n) is 10.4. The Morgan fingerprint density at radius 3 is 2.56 bits per heavy atom. The molecule has 0 aliphatic carbocycles. The molecule has 1 aromatic rings. The van der Waals surface area contributed by atoms with Gasteiger partial charge in [-0.05, 0) is 35.6 Å². The maximum atomic E-state index is 11.3. The minimum atomic E-state index is -0.954. The Labute approximate surface area is 99.3 Å². The van der Waals surface area contributed by atoms with Crippen molar-refractivity contribution < 1.29 is 4.79 Å². The molecule has 0 unspecified atom stereocenters. The molecule has 3 heteroatoms. The summed E-state index contributed by atoms with van der Waals surface area (Å²) in [6, 6.07) is 8.10. The van der Waals surface area contributed by atoms with Gasteiger partial charge in [0.1, 0.15) is 0 Å². The van der Waals surface area contributed by atoms with E-state index >= 15 is 0 Å². The lowest BCUT2D eigenvalue weighted by molar-refractivity contribution is -0.116. The number of rotatable bonds is 3. The Morgan fingerprint density at radius 1 is 1.44 bits per heavy atom. The smallest absolute Gasteiger partial charge is 0.223 e. The quantitative estimate of drug-likeness (QED) is 0.790. The molecule has 16 heavy (non-hydrogen) atoms. The summed E-state index contributed by atoms with van der Waals surface area (Å²) in [5, 5.41) is 2.00. The first-order valence-corrected chi connectivity index (χ1v) is 7.60. The van der Waals surface area contributed by atoms with E-state index in [0.717, 1.165) is 5.69 Å². The summed E-state index contributed by atoms with van der Waals surface area (Å²) in [7, 11) is 0.835. The predicted molar refractivity (Wildman–Crippen MR) is 73.4 cm³/mol. The molecule has 0 fully saturated rings. The van der Waals surface area contributed by atoms with Crippen molar-refractivity contribution in [2.24, 2.45) is 0 Å². The topological polar surface area (TPSA) is 20.3 Å². The molecule has 0 heterocycles. The lowest BCUT2D eigenvalue weighted by Gasteiger charge is -2.28. The molecule has 0 saturated carbocycles. The number of carbonyl (C=O) groups is 1. The van der Waals surface area contributed by atoms with Crippen LogP contribution in [0.2, 0.25) is 0 Å². The van der Waals surface area contributed by atoms with E-state index < -0.39 is 10.0 Å². The van der Waals surface area contributed by atoms with Crippen LogP contribution in [-0.4, -0.2) is 25.5 Å². The second-order valence-corrected chi connectivity index (χ2v) is 7.76. The molecule has 0 atom stereocenters. The van der Waals surface area contributed by atoms with Crippen molar-refractivity contribution in [3.8, 4) is 0 Å². The van der Waals surface area contributed by atoms with Crippen molar-refractivity contribution in [1.82, 2.24) is 0 Å². The fraction of sp³-hybridized carbons (Fsp3) is 0.308. The molecule has 1 amide bonds. The van der Waals surface area contributed by atoms with Crippen molar-refractivity contribution >= 4 is 21.6 Å². The van der Waals surface area contributed by atoms with Crippen molar-refractivity contribution in [1.29, 1.82) is 0 Å². The van der Waals surface area contributed by atoms with Crippen molar-refractivity contribution in [3.63, 3.8) is 0 Å². The Bertz CT molecular complexity index is 412. The van der Waals surface area contributed by atoms with Crippen LogP contribution < -0.4 is 4.90 Å². The summed E-state index contributed by atoms with van der Waals surface area (Å²) in [5.74, 6) is 0.0450. The Balaban J connectivity index is 3.14. The maximum Gasteiger partial charge on any atom is 0.223 e. The zero-order valence-corrected chi connectivity index (χ0v) is 11.2. The van der Waals surface area contributed by atoms with Crippen LogP contribution in [0.25, 0.3) is 0 Å². The van der Waals surface area contributed by atoms with E-state index in [1.807, 2.05) is 17.5 Å². The normalized spacial score (nSPS) is 12.0. The van der Waals surface area contributed by atoms with E-state index in [-0.39, 0.29) is 5.91 Å². The largest absolute Gasteiger partial charge is 0.316 e. The van der Waals surface area contributed by atoms with Gasteiger partial charge in [0.15, 0.2) is 0 Å². The molecule has 0 N–H and O–H groups in total. The molecule has 0 radical (unpaired) electrons. The number of carbonyl (C=O) groups excluding carboxylic acids is 1. The van der Waals surface area contributed by atoms with Crippen molar-refractivity contribution in [2.75, 3.05) is 24.5 Å². The van der Waals surface area contributed by atoms with E-state index in [9.17, 15) is 4.79 Å². The fourth-order valence-corrected chi connectivity index (χ4v) is 2.34. The lowest BCUT2D eigenvalue weighted by Crippen LogP contribution is -2.22. The number of hydrogen-bond donors (Lipinski definition) is 0. The number of anilines is 1. The summed E-state index contributed by atoms with van der Waals surface area (Å²) >= 11 is 0. The summed E-state index contributed by atoms with van der Waals surface area (Å²) in [6.45, 7) is 5.44. The molecule has 0 saturated heterocycles. The number of hydrogen-bond acceptors (Lipinski definition) is 1. The van der Waals surface area contributed by atoms with Gasteiger partial charge in [-0.15, -0.1) is 0 Å². The first kappa shape index (κ1) is 12.8. The third-order valence-electron chi connectivity index (χ3n) is 2.70. The van der Waals surface area contributed by atoms with Crippen molar-refractivity contribution in [2.45, 2.75) is 11.8 Å². The lowest BCUT2D eigenvalue weighted by atomic mass is 10.3. The van der Waals surface area contributed by atoms with Crippen LogP contribution in [0, 0.1) is 0 Å². The highest BCUT2D eigenvalue weighted by Gasteiger charge is 2.12. The third kappa shape index (κ3) is 2.67. The fourth-order valence-electron chi connectivity index (χ4n) is 1.30. The van der Waals surface area contributed by atoms with Gasteiger partial charge in [-0.3, -0.25) is 4.79 Å². The van der Waals surface area contributed by atoms with E-state index in [4.69, 9.17) is 0 Å². The van der Waals surface area contributed by atoms with Gasteiger partial charge in [-0.2, -0.15) is 0 Å². The molecule has 1 aromatic carbocycles. The zero-order chi connectivity index (χ0) is 12.3.